The quantitative estimate of drug-likeness (QED) is 0.748. The fourth-order valence-electron chi connectivity index (χ4n) is 3.69. The molecule has 3 N–H and O–H groups in total. The Morgan fingerprint density at radius 2 is 1.88 bits per heavy atom. The number of primary amides is 1. The number of nitrogens with two attached hydrogens (primary N) is 1. The molecule has 0 saturated carbocycles. The van der Waals surface area contributed by atoms with Crippen molar-refractivity contribution < 1.29 is 18.3 Å². The van der Waals surface area contributed by atoms with Crippen LogP contribution in [-0.2, 0) is 10.0 Å². The maximum absolute atomic E-state index is 12.8. The molecule has 0 aromatic carbocycles. The summed E-state index contributed by atoms with van der Waals surface area (Å²) in [5, 5.41) is 11.4. The van der Waals surface area contributed by atoms with Crippen LogP contribution in [0.3, 0.4) is 0 Å². The number of aliphatic hydroxyl groups is 1. The number of carbonyl (C=O) groups excluding carboxylic acids is 1. The molecule has 0 atom stereocenters. The smallest absolute Gasteiger partial charge is 0.252 e. The first-order valence-electron chi connectivity index (χ1n) is 8.58. The van der Waals surface area contributed by atoms with Crippen LogP contribution in [0, 0.1) is 5.41 Å². The van der Waals surface area contributed by atoms with Crippen LogP contribution in [0.2, 0.25) is 0 Å². The summed E-state index contributed by atoms with van der Waals surface area (Å²) in [7, 11) is -3.61. The molecule has 0 radical (unpaired) electrons. The molecule has 2 fully saturated rings. The van der Waals surface area contributed by atoms with E-state index in [9.17, 15) is 18.3 Å². The third-order valence-corrected chi connectivity index (χ3v) is 8.64. The maximum atomic E-state index is 12.8. The topological polar surface area (TPSA) is 104 Å². The minimum absolute atomic E-state index is 0.0855. The number of carbonyl (C=O) groups is 1. The highest BCUT2D eigenvalue weighted by atomic mass is 32.2. The lowest BCUT2D eigenvalue weighted by Gasteiger charge is -2.42. The lowest BCUT2D eigenvalue weighted by molar-refractivity contribution is 0.0375. The van der Waals surface area contributed by atoms with E-state index in [1.807, 2.05) is 0 Å². The van der Waals surface area contributed by atoms with Crippen molar-refractivity contribution in [1.82, 2.24) is 9.21 Å². The fourth-order valence-corrected chi connectivity index (χ4v) is 6.45. The number of sulfonamides is 1. The third-order valence-electron chi connectivity index (χ3n) is 5.33. The molecule has 7 nitrogen and oxygen atoms in total. The molecule has 3 rings (SSSR count). The molecule has 0 spiro atoms. The summed E-state index contributed by atoms with van der Waals surface area (Å²) in [6, 6.07) is 1.35. The number of nitrogens with zero attached hydrogens (tertiary/aromatic N) is 2. The van der Waals surface area contributed by atoms with Gasteiger partial charge in [-0.3, -0.25) is 4.79 Å². The van der Waals surface area contributed by atoms with Gasteiger partial charge in [-0.05, 0) is 44.8 Å². The van der Waals surface area contributed by atoms with E-state index in [0.717, 1.165) is 31.0 Å². The van der Waals surface area contributed by atoms with Gasteiger partial charge >= 0.3 is 0 Å². The van der Waals surface area contributed by atoms with Gasteiger partial charge in [0.05, 0.1) is 12.2 Å². The predicted molar refractivity (Wildman–Crippen MR) is 96.0 cm³/mol. The third kappa shape index (κ3) is 3.90. The molecule has 2 aliphatic rings. The molecular formula is C16H25N3O4S2. The summed E-state index contributed by atoms with van der Waals surface area (Å²) in [6.45, 7) is 3.83. The second kappa shape index (κ2) is 7.32. The van der Waals surface area contributed by atoms with Crippen LogP contribution in [0.1, 0.15) is 36.0 Å². The van der Waals surface area contributed by atoms with Crippen LogP contribution in [0.4, 0.5) is 0 Å². The van der Waals surface area contributed by atoms with Crippen molar-refractivity contribution >= 4 is 27.3 Å². The molecule has 0 bridgehead atoms. The number of hydrogen-bond donors (Lipinski definition) is 2. The molecule has 1 amide bonds. The zero-order valence-corrected chi connectivity index (χ0v) is 15.8. The number of amides is 1. The number of hydrogen-bond acceptors (Lipinski definition) is 6. The predicted octanol–water partition coefficient (Wildman–Crippen LogP) is 0.706. The average molecular weight is 388 g/mol. The summed E-state index contributed by atoms with van der Waals surface area (Å²) in [5.74, 6) is -0.624. The largest absolute Gasteiger partial charge is 0.396 e. The van der Waals surface area contributed by atoms with Crippen LogP contribution in [0.25, 0.3) is 0 Å². The highest BCUT2D eigenvalue weighted by molar-refractivity contribution is 7.91. The van der Waals surface area contributed by atoms with Crippen LogP contribution in [-0.4, -0.2) is 68.0 Å². The van der Waals surface area contributed by atoms with Gasteiger partial charge in [0, 0.05) is 30.4 Å². The second-order valence-electron chi connectivity index (χ2n) is 7.06. The summed E-state index contributed by atoms with van der Waals surface area (Å²) in [4.78, 5) is 13.6. The van der Waals surface area contributed by atoms with Gasteiger partial charge in [-0.1, -0.05) is 0 Å². The van der Waals surface area contributed by atoms with Gasteiger partial charge in [0.25, 0.3) is 10.0 Å². The van der Waals surface area contributed by atoms with Crippen LogP contribution >= 0.6 is 11.3 Å². The van der Waals surface area contributed by atoms with Crippen molar-refractivity contribution in [1.29, 1.82) is 0 Å². The lowest BCUT2D eigenvalue weighted by atomic mass is 9.79. The van der Waals surface area contributed by atoms with Crippen molar-refractivity contribution in [3.8, 4) is 0 Å². The first kappa shape index (κ1) is 18.8. The zero-order valence-electron chi connectivity index (χ0n) is 14.2. The Morgan fingerprint density at radius 1 is 1.24 bits per heavy atom. The number of piperidine rings is 1. The van der Waals surface area contributed by atoms with E-state index >= 15 is 0 Å². The monoisotopic (exact) mass is 387 g/mol. The van der Waals surface area contributed by atoms with Gasteiger partial charge in [0.2, 0.25) is 5.91 Å². The molecule has 0 unspecified atom stereocenters. The van der Waals surface area contributed by atoms with Gasteiger partial charge in [-0.2, -0.15) is 4.31 Å². The highest BCUT2D eigenvalue weighted by Gasteiger charge is 2.40. The van der Waals surface area contributed by atoms with Crippen molar-refractivity contribution in [2.45, 2.75) is 29.9 Å². The van der Waals surface area contributed by atoms with E-state index in [1.165, 1.54) is 28.6 Å². The Morgan fingerprint density at radius 3 is 2.40 bits per heavy atom. The molecule has 1 aromatic heterocycles. The highest BCUT2D eigenvalue weighted by Crippen LogP contribution is 2.36. The number of rotatable bonds is 6. The fraction of sp³-hybridized carbons (Fsp3) is 0.688. The van der Waals surface area contributed by atoms with Crippen LogP contribution in [0.5, 0.6) is 0 Å². The van der Waals surface area contributed by atoms with Crippen molar-refractivity contribution in [3.05, 3.63) is 17.0 Å². The van der Waals surface area contributed by atoms with E-state index in [-0.39, 0.29) is 21.8 Å². The lowest BCUT2D eigenvalue weighted by Crippen LogP contribution is -2.49. The van der Waals surface area contributed by atoms with Crippen LogP contribution < -0.4 is 5.73 Å². The Labute approximate surface area is 152 Å². The van der Waals surface area contributed by atoms with E-state index in [4.69, 9.17) is 5.73 Å². The van der Waals surface area contributed by atoms with E-state index in [2.05, 4.69) is 4.90 Å². The number of thiophene rings is 1. The van der Waals surface area contributed by atoms with Gasteiger partial charge in [0.1, 0.15) is 4.21 Å². The molecule has 1 aromatic rings. The summed E-state index contributed by atoms with van der Waals surface area (Å²) < 4.78 is 27.2. The van der Waals surface area contributed by atoms with Crippen LogP contribution in [0.15, 0.2) is 15.7 Å². The van der Waals surface area contributed by atoms with Crippen molar-refractivity contribution in [2.75, 3.05) is 39.3 Å². The first-order valence-corrected chi connectivity index (χ1v) is 10.9. The van der Waals surface area contributed by atoms with Gasteiger partial charge in [-0.15, -0.1) is 11.3 Å². The second-order valence-corrected chi connectivity index (χ2v) is 10.1. The molecular weight excluding hydrogens is 362 g/mol. The summed E-state index contributed by atoms with van der Waals surface area (Å²) in [6.07, 6.45) is 3.69. The van der Waals surface area contributed by atoms with Gasteiger partial charge < -0.3 is 15.7 Å². The molecule has 9 heteroatoms. The Kier molecular flexibility index (Phi) is 5.50. The minimum atomic E-state index is -3.61. The number of likely N-dealkylation sites (tertiary alicyclic amines) is 1. The van der Waals surface area contributed by atoms with E-state index in [1.54, 1.807) is 0 Å². The van der Waals surface area contributed by atoms with Crippen molar-refractivity contribution in [3.63, 3.8) is 0 Å². The summed E-state index contributed by atoms with van der Waals surface area (Å²) >= 11 is 1.02. The zero-order chi connectivity index (χ0) is 18.1. The standard InChI is InChI=1S/C16H25N3O4S2/c17-15(21)13-9-14(24-10-13)25(22,23)19-7-3-16(12-20,4-8-19)11-18-5-1-2-6-18/h9-10,20H,1-8,11-12H2,(H2,17,21). The van der Waals surface area contributed by atoms with E-state index < -0.39 is 15.9 Å². The normalized spacial score (nSPS) is 22.3. The Hall–Kier alpha value is -1.00. The SMILES string of the molecule is NC(=O)c1csc(S(=O)(=O)N2CCC(CO)(CN3CCCC3)CC2)c1. The molecule has 3 heterocycles. The summed E-state index contributed by atoms with van der Waals surface area (Å²) in [5.41, 5.74) is 5.21. The van der Waals surface area contributed by atoms with Gasteiger partial charge in [0.15, 0.2) is 0 Å². The van der Waals surface area contributed by atoms with Crippen molar-refractivity contribution in [2.24, 2.45) is 11.1 Å². The maximum Gasteiger partial charge on any atom is 0.252 e. The molecule has 0 aliphatic carbocycles. The number of aliphatic hydroxyl groups excluding tert-OH is 1. The molecule has 2 saturated heterocycles. The Bertz CT molecular complexity index is 717. The van der Waals surface area contributed by atoms with Gasteiger partial charge in [-0.25, -0.2) is 8.42 Å². The first-order chi connectivity index (χ1) is 11.9. The molecule has 2 aliphatic heterocycles. The molecule has 140 valence electrons. The van der Waals surface area contributed by atoms with E-state index in [0.29, 0.717) is 25.9 Å². The molecule has 25 heavy (non-hydrogen) atoms. The minimum Gasteiger partial charge on any atom is -0.396 e. The Balaban J connectivity index is 1.68. The average Bonchev–Trinajstić information content (AvgIpc) is 3.27.